The normalized spacial score (nSPS) is 19.1. The van der Waals surface area contributed by atoms with E-state index in [1.165, 1.54) is 11.3 Å². The van der Waals surface area contributed by atoms with Crippen LogP contribution in [0.1, 0.15) is 29.4 Å². The highest BCUT2D eigenvalue weighted by atomic mass is 32.1. The first kappa shape index (κ1) is 15.1. The van der Waals surface area contributed by atoms with Crippen molar-refractivity contribution in [2.24, 2.45) is 0 Å². The van der Waals surface area contributed by atoms with Crippen molar-refractivity contribution < 1.29 is 9.53 Å². The molecule has 2 heterocycles. The van der Waals surface area contributed by atoms with Gasteiger partial charge in [-0.2, -0.15) is 0 Å². The summed E-state index contributed by atoms with van der Waals surface area (Å²) in [6.07, 6.45) is 2.12. The van der Waals surface area contributed by atoms with Crippen LogP contribution in [0, 0.1) is 0 Å². The minimum Gasteiger partial charge on any atom is -0.382 e. The molecule has 0 saturated carbocycles. The molecule has 1 aliphatic heterocycles. The predicted octanol–water partition coefficient (Wildman–Crippen LogP) is 1.43. The van der Waals surface area contributed by atoms with Gasteiger partial charge in [0, 0.05) is 33.8 Å². The zero-order valence-corrected chi connectivity index (χ0v) is 13.1. The molecular weight excluding hydrogens is 276 g/mol. The number of likely N-dealkylation sites (tertiary alicyclic amines) is 1. The summed E-state index contributed by atoms with van der Waals surface area (Å²) in [6.45, 7) is 4.06. The van der Waals surface area contributed by atoms with E-state index >= 15 is 0 Å². The molecule has 0 aromatic carbocycles. The summed E-state index contributed by atoms with van der Waals surface area (Å²) < 4.78 is 5.63. The average molecular weight is 298 g/mol. The molecule has 0 bridgehead atoms. The number of rotatable bonds is 4. The number of anilines is 2. The molecule has 0 spiro atoms. The summed E-state index contributed by atoms with van der Waals surface area (Å²) in [5.74, 6) is 0.291. The topological polar surface area (TPSA) is 71.7 Å². The van der Waals surface area contributed by atoms with Gasteiger partial charge in [0.15, 0.2) is 5.13 Å². The molecule has 1 aromatic heterocycles. The molecule has 1 amide bonds. The van der Waals surface area contributed by atoms with E-state index in [2.05, 4.69) is 4.98 Å². The van der Waals surface area contributed by atoms with Crippen LogP contribution in [-0.2, 0) is 4.74 Å². The van der Waals surface area contributed by atoms with Crippen LogP contribution in [0.25, 0.3) is 0 Å². The van der Waals surface area contributed by atoms with Crippen molar-refractivity contribution in [1.82, 2.24) is 9.88 Å². The van der Waals surface area contributed by atoms with Crippen molar-refractivity contribution in [2.75, 3.05) is 44.4 Å². The van der Waals surface area contributed by atoms with Gasteiger partial charge in [0.1, 0.15) is 10.7 Å². The maximum Gasteiger partial charge on any atom is 0.267 e. The molecule has 2 N–H and O–H groups in total. The number of nitrogens with zero attached hydrogens (tertiary/aromatic N) is 3. The zero-order chi connectivity index (χ0) is 14.7. The monoisotopic (exact) mass is 298 g/mol. The van der Waals surface area contributed by atoms with E-state index in [4.69, 9.17) is 10.5 Å². The first-order valence-electron chi connectivity index (χ1n) is 6.87. The molecular formula is C13H22N4O2S. The van der Waals surface area contributed by atoms with Gasteiger partial charge in [-0.1, -0.05) is 11.3 Å². The smallest absolute Gasteiger partial charge is 0.267 e. The van der Waals surface area contributed by atoms with Crippen molar-refractivity contribution in [3.63, 3.8) is 0 Å². The minimum absolute atomic E-state index is 0.0301. The number of hydrogen-bond acceptors (Lipinski definition) is 6. The number of nitrogen functional groups attached to an aromatic ring is 1. The summed E-state index contributed by atoms with van der Waals surface area (Å²) in [7, 11) is 3.77. The number of hydrogen-bond donors (Lipinski definition) is 1. The summed E-state index contributed by atoms with van der Waals surface area (Å²) in [5.41, 5.74) is 5.87. The number of amides is 1. The SMILES string of the molecule is CCOC1CCCN(C(=O)c2sc(N(C)C)nc2N)C1. The number of ether oxygens (including phenoxy) is 1. The number of piperidine rings is 1. The van der Waals surface area contributed by atoms with Gasteiger partial charge in [0.2, 0.25) is 0 Å². The Kier molecular flexibility index (Phi) is 4.82. The number of carbonyl (C=O) groups excluding carboxylic acids is 1. The zero-order valence-electron chi connectivity index (χ0n) is 12.3. The van der Waals surface area contributed by atoms with Crippen molar-refractivity contribution in [3.05, 3.63) is 4.88 Å². The van der Waals surface area contributed by atoms with E-state index in [9.17, 15) is 4.79 Å². The summed E-state index contributed by atoms with van der Waals surface area (Å²) in [5, 5.41) is 0.754. The fraction of sp³-hybridized carbons (Fsp3) is 0.692. The molecule has 1 saturated heterocycles. The van der Waals surface area contributed by atoms with E-state index in [0.29, 0.717) is 23.8 Å². The second kappa shape index (κ2) is 6.41. The Balaban J connectivity index is 2.10. The fourth-order valence-corrected chi connectivity index (χ4v) is 3.18. The Hall–Kier alpha value is -1.34. The summed E-state index contributed by atoms with van der Waals surface area (Å²) >= 11 is 1.34. The lowest BCUT2D eigenvalue weighted by Gasteiger charge is -2.32. The minimum atomic E-state index is -0.0301. The molecule has 1 unspecified atom stereocenters. The maximum absolute atomic E-state index is 12.5. The van der Waals surface area contributed by atoms with Crippen molar-refractivity contribution in [2.45, 2.75) is 25.9 Å². The Labute approximate surface area is 123 Å². The van der Waals surface area contributed by atoms with E-state index in [1.54, 1.807) is 0 Å². The third kappa shape index (κ3) is 3.21. The van der Waals surface area contributed by atoms with Gasteiger partial charge in [0.05, 0.1) is 6.10 Å². The van der Waals surface area contributed by atoms with Crippen LogP contribution in [0.5, 0.6) is 0 Å². The highest BCUT2D eigenvalue weighted by Crippen LogP contribution is 2.29. The van der Waals surface area contributed by atoms with E-state index in [0.717, 1.165) is 24.5 Å². The maximum atomic E-state index is 12.5. The molecule has 1 aliphatic rings. The molecule has 1 aromatic rings. The molecule has 1 atom stereocenters. The van der Waals surface area contributed by atoms with Gasteiger partial charge in [-0.15, -0.1) is 0 Å². The number of aromatic nitrogens is 1. The highest BCUT2D eigenvalue weighted by Gasteiger charge is 2.28. The summed E-state index contributed by atoms with van der Waals surface area (Å²) in [4.78, 5) is 21.0. The number of carbonyl (C=O) groups is 1. The lowest BCUT2D eigenvalue weighted by Crippen LogP contribution is -2.43. The Bertz CT molecular complexity index is 473. The number of nitrogens with two attached hydrogens (primary N) is 1. The van der Waals surface area contributed by atoms with Gasteiger partial charge in [-0.05, 0) is 19.8 Å². The Morgan fingerprint density at radius 3 is 2.95 bits per heavy atom. The van der Waals surface area contributed by atoms with Crippen LogP contribution in [0.3, 0.4) is 0 Å². The molecule has 112 valence electrons. The number of thiazole rings is 1. The molecule has 1 fully saturated rings. The third-order valence-electron chi connectivity index (χ3n) is 3.29. The molecule has 6 nitrogen and oxygen atoms in total. The fourth-order valence-electron chi connectivity index (χ4n) is 2.30. The second-order valence-corrected chi connectivity index (χ2v) is 6.05. The Morgan fingerprint density at radius 1 is 1.60 bits per heavy atom. The highest BCUT2D eigenvalue weighted by molar-refractivity contribution is 7.18. The van der Waals surface area contributed by atoms with E-state index < -0.39 is 0 Å². The van der Waals surface area contributed by atoms with Crippen LogP contribution in [0.2, 0.25) is 0 Å². The Morgan fingerprint density at radius 2 is 2.35 bits per heavy atom. The van der Waals surface area contributed by atoms with Crippen molar-refractivity contribution >= 4 is 28.2 Å². The quantitative estimate of drug-likeness (QED) is 0.910. The van der Waals surface area contributed by atoms with Gasteiger partial charge < -0.3 is 20.3 Å². The van der Waals surface area contributed by atoms with Crippen molar-refractivity contribution in [3.8, 4) is 0 Å². The van der Waals surface area contributed by atoms with Crippen LogP contribution in [-0.4, -0.2) is 55.7 Å². The van der Waals surface area contributed by atoms with E-state index in [-0.39, 0.29) is 12.0 Å². The lowest BCUT2D eigenvalue weighted by atomic mass is 10.1. The molecule has 0 radical (unpaired) electrons. The second-order valence-electron chi connectivity index (χ2n) is 5.08. The van der Waals surface area contributed by atoms with Crippen LogP contribution < -0.4 is 10.6 Å². The van der Waals surface area contributed by atoms with Gasteiger partial charge in [0.25, 0.3) is 5.91 Å². The van der Waals surface area contributed by atoms with Crippen LogP contribution in [0.4, 0.5) is 10.9 Å². The van der Waals surface area contributed by atoms with Gasteiger partial charge >= 0.3 is 0 Å². The van der Waals surface area contributed by atoms with E-state index in [1.807, 2.05) is 30.8 Å². The standard InChI is InChI=1S/C13H22N4O2S/c1-4-19-9-6-5-7-17(8-9)12(18)10-11(14)15-13(20-10)16(2)3/h9H,4-8,14H2,1-3H3. The van der Waals surface area contributed by atoms with Gasteiger partial charge in [-0.25, -0.2) is 4.98 Å². The largest absolute Gasteiger partial charge is 0.382 e. The third-order valence-corrected chi connectivity index (χ3v) is 4.51. The average Bonchev–Trinajstić information content (AvgIpc) is 2.81. The molecule has 7 heteroatoms. The molecule has 20 heavy (non-hydrogen) atoms. The molecule has 2 rings (SSSR count). The lowest BCUT2D eigenvalue weighted by molar-refractivity contribution is 0.00745. The van der Waals surface area contributed by atoms with Crippen LogP contribution >= 0.6 is 11.3 Å². The first-order valence-corrected chi connectivity index (χ1v) is 7.69. The summed E-state index contributed by atoms with van der Waals surface area (Å²) in [6, 6.07) is 0. The van der Waals surface area contributed by atoms with Crippen LogP contribution in [0.15, 0.2) is 0 Å². The van der Waals surface area contributed by atoms with Crippen molar-refractivity contribution in [1.29, 1.82) is 0 Å². The first-order chi connectivity index (χ1) is 9.52. The molecule has 0 aliphatic carbocycles. The predicted molar refractivity (Wildman–Crippen MR) is 81.4 cm³/mol. The van der Waals surface area contributed by atoms with Gasteiger partial charge in [-0.3, -0.25) is 4.79 Å².